The predicted molar refractivity (Wildman–Crippen MR) is 112 cm³/mol. The summed E-state index contributed by atoms with van der Waals surface area (Å²) in [4.78, 5) is 0. The minimum absolute atomic E-state index is 0.383. The number of hydrogen-bond donors (Lipinski definition) is 0. The predicted octanol–water partition coefficient (Wildman–Crippen LogP) is 6.56. The van der Waals surface area contributed by atoms with Gasteiger partial charge in [-0.3, -0.25) is 0 Å². The van der Waals surface area contributed by atoms with Crippen molar-refractivity contribution in [2.24, 2.45) is 11.8 Å². The molecule has 0 aromatic heterocycles. The number of nitriles is 2. The van der Waals surface area contributed by atoms with Crippen LogP contribution in [0.4, 0.5) is 4.39 Å². The van der Waals surface area contributed by atoms with Crippen LogP contribution >= 0.6 is 0 Å². The van der Waals surface area contributed by atoms with Gasteiger partial charge in [0.05, 0.1) is 17.7 Å². The molecule has 2 aliphatic carbocycles. The topological polar surface area (TPSA) is 56.8 Å². The van der Waals surface area contributed by atoms with E-state index in [2.05, 4.69) is 18.2 Å². The second kappa shape index (κ2) is 11.1. The first-order chi connectivity index (χ1) is 14.2. The van der Waals surface area contributed by atoms with E-state index in [0.29, 0.717) is 30.3 Å². The lowest BCUT2D eigenvalue weighted by atomic mass is 9.79. The molecule has 0 radical (unpaired) electrons. The molecule has 0 heterocycles. The van der Waals surface area contributed by atoms with Gasteiger partial charge in [0.2, 0.25) is 0 Å². The Balaban J connectivity index is 1.31. The van der Waals surface area contributed by atoms with Crippen molar-refractivity contribution in [2.45, 2.75) is 76.2 Å². The van der Waals surface area contributed by atoms with E-state index in [0.717, 1.165) is 44.3 Å². The Morgan fingerprint density at radius 2 is 1.62 bits per heavy atom. The summed E-state index contributed by atoms with van der Waals surface area (Å²) in [6, 6.07) is 11.8. The van der Waals surface area contributed by atoms with E-state index < -0.39 is 5.83 Å². The zero-order valence-electron chi connectivity index (χ0n) is 17.2. The second-order valence-corrected chi connectivity index (χ2v) is 8.67. The molecule has 0 bridgehead atoms. The van der Waals surface area contributed by atoms with Gasteiger partial charge in [-0.1, -0.05) is 12.1 Å². The summed E-state index contributed by atoms with van der Waals surface area (Å²) >= 11 is 0. The Hall–Kier alpha value is -2.17. The van der Waals surface area contributed by atoms with E-state index in [-0.39, 0.29) is 0 Å². The highest BCUT2D eigenvalue weighted by Gasteiger charge is 2.25. The van der Waals surface area contributed by atoms with Crippen LogP contribution in [-0.4, -0.2) is 12.7 Å². The first-order valence-electron chi connectivity index (χ1n) is 11.1. The molecule has 1 aromatic carbocycles. The Bertz CT molecular complexity index is 743. The van der Waals surface area contributed by atoms with Gasteiger partial charge in [0.25, 0.3) is 0 Å². The molecular weight excluding hydrogens is 363 g/mol. The fourth-order valence-corrected chi connectivity index (χ4v) is 4.84. The molecule has 154 valence electrons. The summed E-state index contributed by atoms with van der Waals surface area (Å²) in [6.45, 7) is 0.880. The lowest BCUT2D eigenvalue weighted by Gasteiger charge is -2.32. The summed E-state index contributed by atoms with van der Waals surface area (Å²) < 4.78 is 19.1. The van der Waals surface area contributed by atoms with Crippen molar-refractivity contribution >= 4 is 0 Å². The quantitative estimate of drug-likeness (QED) is 0.492. The molecule has 0 N–H and O–H groups in total. The van der Waals surface area contributed by atoms with Gasteiger partial charge in [-0.05, 0) is 106 Å². The molecule has 0 amide bonds. The first-order valence-corrected chi connectivity index (χ1v) is 11.1. The highest BCUT2D eigenvalue weighted by atomic mass is 19.1. The molecular formula is C25H31FN2O. The van der Waals surface area contributed by atoms with Crippen LogP contribution in [0, 0.1) is 34.5 Å². The molecule has 0 atom stereocenters. The fourth-order valence-electron chi connectivity index (χ4n) is 4.84. The molecule has 0 spiro atoms. The normalized spacial score (nSPS) is 27.8. The van der Waals surface area contributed by atoms with Crippen molar-refractivity contribution in [3.05, 3.63) is 47.3 Å². The lowest BCUT2D eigenvalue weighted by molar-refractivity contribution is -0.00824. The maximum Gasteiger partial charge on any atom is 0.196 e. The smallest absolute Gasteiger partial charge is 0.196 e. The second-order valence-electron chi connectivity index (χ2n) is 8.67. The molecule has 0 unspecified atom stereocenters. The molecule has 2 aliphatic rings. The standard InChI is InChI=1S/C25H31FN2O/c26-24(17-28)3-1-2-19-8-14-25(15-9-19)29-18-21-6-12-23(13-7-21)22-10-4-20(16-27)5-11-22/h3-5,10-11,19,21,23,25H,1-2,6-9,12-15,18H2/t19-,21-,23-,25-. The molecule has 1 aromatic rings. The van der Waals surface area contributed by atoms with Crippen molar-refractivity contribution in [1.82, 2.24) is 0 Å². The van der Waals surface area contributed by atoms with Crippen LogP contribution in [0.25, 0.3) is 0 Å². The minimum atomic E-state index is -0.657. The van der Waals surface area contributed by atoms with Crippen LogP contribution in [0.3, 0.4) is 0 Å². The third-order valence-corrected chi connectivity index (χ3v) is 6.72. The zero-order valence-corrected chi connectivity index (χ0v) is 17.2. The Morgan fingerprint density at radius 3 is 2.24 bits per heavy atom. The first kappa shape index (κ1) is 21.5. The number of benzene rings is 1. The van der Waals surface area contributed by atoms with E-state index in [1.54, 1.807) is 0 Å². The fraction of sp³-hybridized carbons (Fsp3) is 0.600. The summed E-state index contributed by atoms with van der Waals surface area (Å²) in [7, 11) is 0. The third kappa shape index (κ3) is 6.69. The van der Waals surface area contributed by atoms with Crippen LogP contribution in [0.15, 0.2) is 36.2 Å². The number of allylic oxidation sites excluding steroid dienone is 2. The zero-order chi connectivity index (χ0) is 20.5. The van der Waals surface area contributed by atoms with E-state index in [1.165, 1.54) is 43.4 Å². The van der Waals surface area contributed by atoms with Gasteiger partial charge in [-0.15, -0.1) is 0 Å². The Kier molecular flexibility index (Phi) is 8.26. The molecule has 0 aliphatic heterocycles. The largest absolute Gasteiger partial charge is 0.378 e. The number of halogens is 1. The van der Waals surface area contributed by atoms with E-state index in [1.807, 2.05) is 12.1 Å². The minimum Gasteiger partial charge on any atom is -0.378 e. The molecule has 3 nitrogen and oxygen atoms in total. The van der Waals surface area contributed by atoms with Gasteiger partial charge in [0.15, 0.2) is 5.83 Å². The van der Waals surface area contributed by atoms with Gasteiger partial charge in [-0.25, -0.2) is 0 Å². The molecule has 0 saturated heterocycles. The summed E-state index contributed by atoms with van der Waals surface area (Å²) in [5.41, 5.74) is 2.10. The van der Waals surface area contributed by atoms with Crippen LogP contribution in [0.2, 0.25) is 0 Å². The van der Waals surface area contributed by atoms with Crippen molar-refractivity contribution in [3.8, 4) is 12.1 Å². The molecule has 29 heavy (non-hydrogen) atoms. The number of rotatable bonds is 7. The number of hydrogen-bond acceptors (Lipinski definition) is 3. The Labute approximate surface area is 174 Å². The van der Waals surface area contributed by atoms with Crippen LogP contribution in [0.1, 0.15) is 81.3 Å². The number of nitrogens with zero attached hydrogens (tertiary/aromatic N) is 2. The SMILES string of the molecule is N#CC(F)=CCC[C@H]1CC[C@H](OC[C@H]2CC[C@H](c3ccc(C#N)cc3)CC2)CC1. The van der Waals surface area contributed by atoms with E-state index in [9.17, 15) is 4.39 Å². The van der Waals surface area contributed by atoms with E-state index in [4.69, 9.17) is 15.3 Å². The highest BCUT2D eigenvalue weighted by Crippen LogP contribution is 2.37. The molecule has 3 rings (SSSR count). The monoisotopic (exact) mass is 394 g/mol. The summed E-state index contributed by atoms with van der Waals surface area (Å²) in [5, 5.41) is 17.4. The van der Waals surface area contributed by atoms with Gasteiger partial charge < -0.3 is 4.74 Å². The maximum absolute atomic E-state index is 12.8. The van der Waals surface area contributed by atoms with Crippen molar-refractivity contribution in [3.63, 3.8) is 0 Å². The molecule has 2 saturated carbocycles. The summed E-state index contributed by atoms with van der Waals surface area (Å²) in [5.74, 6) is 1.27. The van der Waals surface area contributed by atoms with Crippen molar-refractivity contribution < 1.29 is 9.13 Å². The average molecular weight is 395 g/mol. The van der Waals surface area contributed by atoms with Crippen molar-refractivity contribution in [2.75, 3.05) is 6.61 Å². The van der Waals surface area contributed by atoms with Gasteiger partial charge in [0, 0.05) is 6.61 Å². The summed E-state index contributed by atoms with van der Waals surface area (Å²) in [6.07, 6.45) is 12.8. The highest BCUT2D eigenvalue weighted by molar-refractivity contribution is 5.33. The van der Waals surface area contributed by atoms with Crippen LogP contribution < -0.4 is 0 Å². The van der Waals surface area contributed by atoms with E-state index >= 15 is 0 Å². The van der Waals surface area contributed by atoms with Gasteiger partial charge >= 0.3 is 0 Å². The third-order valence-electron chi connectivity index (χ3n) is 6.72. The van der Waals surface area contributed by atoms with Crippen molar-refractivity contribution in [1.29, 1.82) is 10.5 Å². The van der Waals surface area contributed by atoms with Crippen LogP contribution in [-0.2, 0) is 4.74 Å². The van der Waals surface area contributed by atoms with Crippen LogP contribution in [0.5, 0.6) is 0 Å². The Morgan fingerprint density at radius 1 is 0.966 bits per heavy atom. The van der Waals surface area contributed by atoms with Gasteiger partial charge in [-0.2, -0.15) is 14.9 Å². The molecule has 4 heteroatoms. The average Bonchev–Trinajstić information content (AvgIpc) is 2.79. The van der Waals surface area contributed by atoms with Gasteiger partial charge in [0.1, 0.15) is 6.07 Å². The maximum atomic E-state index is 12.8. The lowest BCUT2D eigenvalue weighted by Crippen LogP contribution is -2.25. The number of ether oxygens (including phenoxy) is 1. The molecule has 2 fully saturated rings.